The van der Waals surface area contributed by atoms with Gasteiger partial charge in [-0.3, -0.25) is 0 Å². The number of rotatable bonds is 6. The van der Waals surface area contributed by atoms with Crippen molar-refractivity contribution in [3.63, 3.8) is 0 Å². The van der Waals surface area contributed by atoms with Crippen molar-refractivity contribution < 1.29 is 9.47 Å². The molecule has 0 bridgehead atoms. The van der Waals surface area contributed by atoms with Gasteiger partial charge in [0.05, 0.1) is 12.7 Å². The van der Waals surface area contributed by atoms with Gasteiger partial charge >= 0.3 is 0 Å². The topological polar surface area (TPSA) is 30.5 Å². The van der Waals surface area contributed by atoms with Gasteiger partial charge in [-0.05, 0) is 32.1 Å². The molecular formula is C16H31NO2. The van der Waals surface area contributed by atoms with Gasteiger partial charge in [-0.25, -0.2) is 0 Å². The normalized spacial score (nSPS) is 33.5. The average Bonchev–Trinajstić information content (AvgIpc) is 2.66. The van der Waals surface area contributed by atoms with E-state index in [1.54, 1.807) is 7.11 Å². The Kier molecular flexibility index (Phi) is 6.11. The molecule has 0 radical (unpaired) electrons. The van der Waals surface area contributed by atoms with E-state index >= 15 is 0 Å². The molecule has 2 rings (SSSR count). The summed E-state index contributed by atoms with van der Waals surface area (Å²) in [5.41, 5.74) is 0.373. The Bertz CT molecular complexity index is 251. The molecule has 2 aliphatic rings. The molecule has 2 fully saturated rings. The highest BCUT2D eigenvalue weighted by atomic mass is 16.5. The smallest absolute Gasteiger partial charge is 0.0618 e. The number of hydrogen-bond donors (Lipinski definition) is 1. The molecule has 0 aromatic rings. The van der Waals surface area contributed by atoms with E-state index in [9.17, 15) is 0 Å². The van der Waals surface area contributed by atoms with Crippen molar-refractivity contribution in [1.82, 2.24) is 5.32 Å². The molecule has 0 aromatic carbocycles. The third-order valence-corrected chi connectivity index (χ3v) is 5.35. The second-order valence-corrected chi connectivity index (χ2v) is 6.35. The van der Waals surface area contributed by atoms with Crippen LogP contribution in [-0.2, 0) is 9.47 Å². The predicted molar refractivity (Wildman–Crippen MR) is 78.4 cm³/mol. The molecule has 1 heterocycles. The lowest BCUT2D eigenvalue weighted by Crippen LogP contribution is -2.46. The summed E-state index contributed by atoms with van der Waals surface area (Å²) in [6.45, 7) is 6.09. The first-order chi connectivity index (χ1) is 9.29. The molecular weight excluding hydrogens is 238 g/mol. The van der Waals surface area contributed by atoms with E-state index in [1.165, 1.54) is 44.9 Å². The van der Waals surface area contributed by atoms with Crippen LogP contribution < -0.4 is 5.32 Å². The summed E-state index contributed by atoms with van der Waals surface area (Å²) in [4.78, 5) is 0. The molecule has 1 saturated carbocycles. The molecule has 3 nitrogen and oxygen atoms in total. The highest BCUT2D eigenvalue weighted by Crippen LogP contribution is 2.46. The molecule has 0 aromatic heterocycles. The fourth-order valence-electron chi connectivity index (χ4n) is 4.06. The van der Waals surface area contributed by atoms with E-state index in [-0.39, 0.29) is 0 Å². The summed E-state index contributed by atoms with van der Waals surface area (Å²) >= 11 is 0. The molecule has 0 spiro atoms. The minimum atomic E-state index is 0.373. The van der Waals surface area contributed by atoms with Crippen molar-refractivity contribution in [1.29, 1.82) is 0 Å². The summed E-state index contributed by atoms with van der Waals surface area (Å²) in [7, 11) is 1.77. The van der Waals surface area contributed by atoms with Gasteiger partial charge in [0, 0.05) is 32.2 Å². The highest BCUT2D eigenvalue weighted by Gasteiger charge is 2.46. The van der Waals surface area contributed by atoms with Crippen LogP contribution in [0.4, 0.5) is 0 Å². The van der Waals surface area contributed by atoms with E-state index < -0.39 is 0 Å². The first kappa shape index (κ1) is 15.3. The van der Waals surface area contributed by atoms with Crippen molar-refractivity contribution in [3.8, 4) is 0 Å². The van der Waals surface area contributed by atoms with Gasteiger partial charge in [0.2, 0.25) is 0 Å². The lowest BCUT2D eigenvalue weighted by atomic mass is 9.67. The second kappa shape index (κ2) is 7.61. The Balaban J connectivity index is 1.97. The van der Waals surface area contributed by atoms with Crippen molar-refractivity contribution in [2.24, 2.45) is 11.3 Å². The molecule has 2 unspecified atom stereocenters. The zero-order chi connectivity index (χ0) is 13.6. The number of nitrogens with one attached hydrogen (secondary N) is 1. The van der Waals surface area contributed by atoms with Gasteiger partial charge in [0.1, 0.15) is 0 Å². The largest absolute Gasteiger partial charge is 0.383 e. The van der Waals surface area contributed by atoms with Crippen LogP contribution in [0.5, 0.6) is 0 Å². The van der Waals surface area contributed by atoms with Gasteiger partial charge in [0.15, 0.2) is 0 Å². The fourth-order valence-corrected chi connectivity index (χ4v) is 4.06. The van der Waals surface area contributed by atoms with Crippen molar-refractivity contribution in [2.45, 2.75) is 58.0 Å². The Morgan fingerprint density at radius 3 is 2.53 bits per heavy atom. The maximum Gasteiger partial charge on any atom is 0.0618 e. The van der Waals surface area contributed by atoms with E-state index in [4.69, 9.17) is 9.47 Å². The molecule has 0 amide bonds. The lowest BCUT2D eigenvalue weighted by Gasteiger charge is -2.40. The summed E-state index contributed by atoms with van der Waals surface area (Å²) in [5.74, 6) is 0.850. The van der Waals surface area contributed by atoms with E-state index in [2.05, 4.69) is 12.2 Å². The van der Waals surface area contributed by atoms with E-state index in [0.717, 1.165) is 32.2 Å². The molecule has 19 heavy (non-hydrogen) atoms. The second-order valence-electron chi connectivity index (χ2n) is 6.35. The Morgan fingerprint density at radius 1 is 1.21 bits per heavy atom. The Hall–Kier alpha value is -0.120. The molecule has 3 heteroatoms. The van der Waals surface area contributed by atoms with Crippen LogP contribution in [0.15, 0.2) is 0 Å². The average molecular weight is 269 g/mol. The van der Waals surface area contributed by atoms with Crippen LogP contribution in [0, 0.1) is 11.3 Å². The van der Waals surface area contributed by atoms with Crippen molar-refractivity contribution in [3.05, 3.63) is 0 Å². The Morgan fingerprint density at radius 2 is 1.95 bits per heavy atom. The third-order valence-electron chi connectivity index (χ3n) is 5.35. The number of methoxy groups -OCH3 is 1. The minimum absolute atomic E-state index is 0.373. The van der Waals surface area contributed by atoms with Crippen molar-refractivity contribution in [2.75, 3.05) is 33.4 Å². The van der Waals surface area contributed by atoms with E-state index in [0.29, 0.717) is 11.5 Å². The van der Waals surface area contributed by atoms with Crippen LogP contribution in [0.1, 0.15) is 51.9 Å². The zero-order valence-electron chi connectivity index (χ0n) is 12.7. The van der Waals surface area contributed by atoms with Gasteiger partial charge in [-0.1, -0.05) is 25.7 Å². The summed E-state index contributed by atoms with van der Waals surface area (Å²) < 4.78 is 11.1. The third kappa shape index (κ3) is 3.71. The quantitative estimate of drug-likeness (QED) is 0.594. The number of ether oxygens (including phenoxy) is 2. The zero-order valence-corrected chi connectivity index (χ0v) is 12.7. The molecule has 1 aliphatic heterocycles. The molecule has 1 aliphatic carbocycles. The van der Waals surface area contributed by atoms with Crippen molar-refractivity contribution >= 4 is 0 Å². The number of hydrogen-bond acceptors (Lipinski definition) is 3. The van der Waals surface area contributed by atoms with Crippen LogP contribution in [0.25, 0.3) is 0 Å². The van der Waals surface area contributed by atoms with E-state index in [1.807, 2.05) is 0 Å². The van der Waals surface area contributed by atoms with Crippen LogP contribution in [0.2, 0.25) is 0 Å². The maximum absolute atomic E-state index is 5.95. The molecule has 1 N–H and O–H groups in total. The van der Waals surface area contributed by atoms with Gasteiger partial charge < -0.3 is 14.8 Å². The maximum atomic E-state index is 5.95. The van der Waals surface area contributed by atoms with Gasteiger partial charge in [0.25, 0.3) is 0 Å². The van der Waals surface area contributed by atoms with Crippen LogP contribution in [0.3, 0.4) is 0 Å². The monoisotopic (exact) mass is 269 g/mol. The van der Waals surface area contributed by atoms with Gasteiger partial charge in [-0.2, -0.15) is 0 Å². The highest BCUT2D eigenvalue weighted by molar-refractivity contribution is 4.97. The first-order valence-electron chi connectivity index (χ1n) is 8.11. The molecule has 2 atom stereocenters. The molecule has 1 saturated heterocycles. The fraction of sp³-hybridized carbons (Fsp3) is 1.00. The lowest BCUT2D eigenvalue weighted by molar-refractivity contribution is 0.0213. The van der Waals surface area contributed by atoms with Crippen LogP contribution >= 0.6 is 0 Å². The minimum Gasteiger partial charge on any atom is -0.383 e. The van der Waals surface area contributed by atoms with Crippen LogP contribution in [-0.4, -0.2) is 39.5 Å². The summed E-state index contributed by atoms with van der Waals surface area (Å²) in [6, 6.07) is 0. The summed E-state index contributed by atoms with van der Waals surface area (Å²) in [5, 5.41) is 3.61. The first-order valence-corrected chi connectivity index (χ1v) is 8.11. The SMILES string of the molecule is COCCNCC1(C2CCCCCC2)CCOC1C. The Labute approximate surface area is 118 Å². The summed E-state index contributed by atoms with van der Waals surface area (Å²) in [6.07, 6.45) is 10.1. The predicted octanol–water partition coefficient (Wildman–Crippen LogP) is 2.99. The standard InChI is InChI=1S/C16H31NO2/c1-14-16(9-11-19-14,13-17-10-12-18-2)15-7-5-3-4-6-8-15/h14-15,17H,3-13H2,1-2H3. The van der Waals surface area contributed by atoms with Gasteiger partial charge in [-0.15, -0.1) is 0 Å². The molecule has 112 valence electrons.